The maximum atomic E-state index is 13.0. The minimum absolute atomic E-state index is 0.0860. The highest BCUT2D eigenvalue weighted by Crippen LogP contribution is 2.22. The number of likely N-dealkylation sites (tertiary alicyclic amines) is 1. The summed E-state index contributed by atoms with van der Waals surface area (Å²) in [6.45, 7) is 0.984. The van der Waals surface area contributed by atoms with Crippen LogP contribution in [0.15, 0.2) is 36.7 Å². The fourth-order valence-corrected chi connectivity index (χ4v) is 3.06. The SMILES string of the molecule is NC(=O)C1CCCN(C(=O)C(Cc2ccccc2)n2cnnn2)C1. The van der Waals surface area contributed by atoms with Gasteiger partial charge in [-0.1, -0.05) is 30.3 Å². The molecule has 1 aliphatic heterocycles. The Hall–Kier alpha value is -2.77. The standard InChI is InChI=1S/C16H20N6O2/c17-15(23)13-7-4-8-21(10-13)16(24)14(22-11-18-19-20-22)9-12-5-2-1-3-6-12/h1-3,5-6,11,13-14H,4,7-10H2,(H2,17,23). The lowest BCUT2D eigenvalue weighted by Crippen LogP contribution is -2.47. The van der Waals surface area contributed by atoms with Crippen LogP contribution in [0.25, 0.3) is 0 Å². The van der Waals surface area contributed by atoms with Gasteiger partial charge < -0.3 is 10.6 Å². The largest absolute Gasteiger partial charge is 0.369 e. The first-order chi connectivity index (χ1) is 11.6. The fraction of sp³-hybridized carbons (Fsp3) is 0.438. The summed E-state index contributed by atoms with van der Waals surface area (Å²) in [5.41, 5.74) is 6.43. The number of rotatable bonds is 5. The van der Waals surface area contributed by atoms with Crippen molar-refractivity contribution in [3.8, 4) is 0 Å². The molecule has 2 N–H and O–H groups in total. The molecule has 2 amide bonds. The molecule has 0 radical (unpaired) electrons. The lowest BCUT2D eigenvalue weighted by molar-refractivity contribution is -0.138. The zero-order valence-electron chi connectivity index (χ0n) is 13.3. The van der Waals surface area contributed by atoms with E-state index in [2.05, 4.69) is 15.5 Å². The van der Waals surface area contributed by atoms with Crippen LogP contribution in [0.5, 0.6) is 0 Å². The quantitative estimate of drug-likeness (QED) is 0.842. The number of aromatic nitrogens is 4. The van der Waals surface area contributed by atoms with Crippen molar-refractivity contribution in [1.82, 2.24) is 25.1 Å². The summed E-state index contributed by atoms with van der Waals surface area (Å²) in [6.07, 6.45) is 3.43. The minimum atomic E-state index is -0.533. The van der Waals surface area contributed by atoms with Crippen molar-refractivity contribution < 1.29 is 9.59 Å². The fourth-order valence-electron chi connectivity index (χ4n) is 3.06. The van der Waals surface area contributed by atoms with E-state index < -0.39 is 6.04 Å². The molecule has 1 aromatic heterocycles. The van der Waals surface area contributed by atoms with E-state index in [4.69, 9.17) is 5.73 Å². The maximum Gasteiger partial charge on any atom is 0.247 e. The van der Waals surface area contributed by atoms with E-state index in [1.54, 1.807) is 4.90 Å². The van der Waals surface area contributed by atoms with E-state index in [1.807, 2.05) is 30.3 Å². The molecular weight excluding hydrogens is 308 g/mol. The van der Waals surface area contributed by atoms with Crippen LogP contribution in [0.4, 0.5) is 0 Å². The van der Waals surface area contributed by atoms with Gasteiger partial charge in [-0.05, 0) is 28.8 Å². The molecule has 24 heavy (non-hydrogen) atoms. The molecule has 0 spiro atoms. The minimum Gasteiger partial charge on any atom is -0.369 e. The van der Waals surface area contributed by atoms with E-state index >= 15 is 0 Å². The highest BCUT2D eigenvalue weighted by atomic mass is 16.2. The molecule has 0 aliphatic carbocycles. The average molecular weight is 328 g/mol. The Morgan fingerprint density at radius 1 is 1.29 bits per heavy atom. The third-order valence-corrected chi connectivity index (χ3v) is 4.38. The van der Waals surface area contributed by atoms with Crippen LogP contribution in [0, 0.1) is 5.92 Å². The molecule has 1 aliphatic rings. The van der Waals surface area contributed by atoms with E-state index in [9.17, 15) is 9.59 Å². The number of hydrogen-bond acceptors (Lipinski definition) is 5. The van der Waals surface area contributed by atoms with Gasteiger partial charge in [-0.25, -0.2) is 4.68 Å². The highest BCUT2D eigenvalue weighted by molar-refractivity contribution is 5.82. The summed E-state index contributed by atoms with van der Waals surface area (Å²) in [5.74, 6) is -0.722. The van der Waals surface area contributed by atoms with Crippen molar-refractivity contribution in [2.24, 2.45) is 11.7 Å². The van der Waals surface area contributed by atoms with Crippen LogP contribution >= 0.6 is 0 Å². The number of tetrazole rings is 1. The zero-order valence-corrected chi connectivity index (χ0v) is 13.3. The molecule has 126 valence electrons. The zero-order chi connectivity index (χ0) is 16.9. The number of piperidine rings is 1. The van der Waals surface area contributed by atoms with Crippen LogP contribution in [0.3, 0.4) is 0 Å². The van der Waals surface area contributed by atoms with E-state index in [0.717, 1.165) is 18.4 Å². The predicted octanol–water partition coefficient (Wildman–Crippen LogP) is 0.181. The lowest BCUT2D eigenvalue weighted by Gasteiger charge is -2.33. The van der Waals surface area contributed by atoms with Gasteiger partial charge in [0.05, 0.1) is 5.92 Å². The van der Waals surface area contributed by atoms with Gasteiger partial charge in [-0.3, -0.25) is 9.59 Å². The molecule has 2 heterocycles. The predicted molar refractivity (Wildman–Crippen MR) is 85.5 cm³/mol. The second-order valence-corrected chi connectivity index (χ2v) is 6.02. The summed E-state index contributed by atoms with van der Waals surface area (Å²) in [6, 6.07) is 9.19. The maximum absolute atomic E-state index is 13.0. The molecule has 2 unspecified atom stereocenters. The summed E-state index contributed by atoms with van der Waals surface area (Å²) in [7, 11) is 0. The van der Waals surface area contributed by atoms with Crippen LogP contribution in [0.1, 0.15) is 24.4 Å². The molecule has 1 fully saturated rings. The molecule has 2 atom stereocenters. The van der Waals surface area contributed by atoms with Gasteiger partial charge in [0, 0.05) is 19.5 Å². The van der Waals surface area contributed by atoms with Gasteiger partial charge in [0.25, 0.3) is 0 Å². The number of primary amides is 1. The van der Waals surface area contributed by atoms with Crippen molar-refractivity contribution in [3.63, 3.8) is 0 Å². The molecular formula is C16H20N6O2. The third kappa shape index (κ3) is 3.58. The Bertz CT molecular complexity index is 688. The smallest absolute Gasteiger partial charge is 0.247 e. The van der Waals surface area contributed by atoms with Gasteiger partial charge >= 0.3 is 0 Å². The van der Waals surface area contributed by atoms with Crippen LogP contribution < -0.4 is 5.73 Å². The number of benzene rings is 1. The molecule has 8 heteroatoms. The summed E-state index contributed by atoms with van der Waals surface area (Å²) < 4.78 is 1.48. The van der Waals surface area contributed by atoms with Gasteiger partial charge in [-0.2, -0.15) is 0 Å². The summed E-state index contributed by atoms with van der Waals surface area (Å²) in [5, 5.41) is 11.2. The Balaban J connectivity index is 1.80. The second kappa shape index (κ2) is 7.20. The second-order valence-electron chi connectivity index (χ2n) is 6.02. The third-order valence-electron chi connectivity index (χ3n) is 4.38. The molecule has 1 saturated heterocycles. The van der Waals surface area contributed by atoms with E-state index in [-0.39, 0.29) is 17.7 Å². The average Bonchev–Trinajstić information content (AvgIpc) is 3.14. The number of carbonyl (C=O) groups is 2. The topological polar surface area (TPSA) is 107 Å². The molecule has 0 saturated carbocycles. The van der Waals surface area contributed by atoms with Crippen molar-refractivity contribution in [1.29, 1.82) is 0 Å². The monoisotopic (exact) mass is 328 g/mol. The molecule has 1 aromatic carbocycles. The molecule has 0 bridgehead atoms. The van der Waals surface area contributed by atoms with Crippen LogP contribution in [0.2, 0.25) is 0 Å². The number of carbonyl (C=O) groups excluding carboxylic acids is 2. The molecule has 3 rings (SSSR count). The Morgan fingerprint density at radius 2 is 2.08 bits per heavy atom. The Morgan fingerprint density at radius 3 is 2.75 bits per heavy atom. The summed E-state index contributed by atoms with van der Waals surface area (Å²) >= 11 is 0. The van der Waals surface area contributed by atoms with Gasteiger partial charge in [-0.15, -0.1) is 5.10 Å². The van der Waals surface area contributed by atoms with Gasteiger partial charge in [0.2, 0.25) is 11.8 Å². The number of hydrogen-bond donors (Lipinski definition) is 1. The summed E-state index contributed by atoms with van der Waals surface area (Å²) in [4.78, 5) is 26.2. The highest BCUT2D eigenvalue weighted by Gasteiger charge is 2.32. The van der Waals surface area contributed by atoms with Crippen molar-refractivity contribution in [3.05, 3.63) is 42.2 Å². The Kier molecular flexibility index (Phi) is 4.83. The number of nitrogens with two attached hydrogens (primary N) is 1. The number of nitrogens with zero attached hydrogens (tertiary/aromatic N) is 5. The van der Waals surface area contributed by atoms with Crippen molar-refractivity contribution in [2.45, 2.75) is 25.3 Å². The normalized spacial score (nSPS) is 19.0. The first-order valence-electron chi connectivity index (χ1n) is 7.99. The molecule has 2 aromatic rings. The number of amides is 2. The lowest BCUT2D eigenvalue weighted by atomic mass is 9.96. The van der Waals surface area contributed by atoms with Crippen LogP contribution in [-0.2, 0) is 16.0 Å². The van der Waals surface area contributed by atoms with Crippen LogP contribution in [-0.4, -0.2) is 50.0 Å². The van der Waals surface area contributed by atoms with Gasteiger partial charge in [0.15, 0.2) is 0 Å². The molecule has 8 nitrogen and oxygen atoms in total. The van der Waals surface area contributed by atoms with Crippen molar-refractivity contribution in [2.75, 3.05) is 13.1 Å². The van der Waals surface area contributed by atoms with E-state index in [1.165, 1.54) is 11.0 Å². The van der Waals surface area contributed by atoms with E-state index in [0.29, 0.717) is 19.5 Å². The Labute approximate surface area is 139 Å². The van der Waals surface area contributed by atoms with Gasteiger partial charge in [0.1, 0.15) is 12.4 Å². The van der Waals surface area contributed by atoms with Crippen molar-refractivity contribution >= 4 is 11.8 Å². The first kappa shape index (κ1) is 16.1. The first-order valence-corrected chi connectivity index (χ1v) is 7.99.